The van der Waals surface area contributed by atoms with Crippen LogP contribution in [0.2, 0.25) is 5.02 Å². The maximum atomic E-state index is 12.6. The summed E-state index contributed by atoms with van der Waals surface area (Å²) in [6.07, 6.45) is 1.75. The van der Waals surface area contributed by atoms with E-state index in [4.69, 9.17) is 11.6 Å². The van der Waals surface area contributed by atoms with Gasteiger partial charge in [0.2, 0.25) is 5.91 Å². The van der Waals surface area contributed by atoms with Crippen molar-refractivity contribution in [1.29, 1.82) is 0 Å². The van der Waals surface area contributed by atoms with Crippen LogP contribution < -0.4 is 10.9 Å². The van der Waals surface area contributed by atoms with Crippen molar-refractivity contribution in [3.8, 4) is 0 Å². The highest BCUT2D eigenvalue weighted by atomic mass is 35.5. The summed E-state index contributed by atoms with van der Waals surface area (Å²) in [6.45, 7) is 6.35. The highest BCUT2D eigenvalue weighted by Crippen LogP contribution is 2.12. The standard InChI is InChI=1S/C21H24ClN5O2S/c1-15(20(29)23-13-16-2-4-17(22)5-3-16)26-8-6-25(7-9-26)14-18-12-19(28)27-10-11-30-21(27)24-18/h2-5,10-12,15H,6-9,13-14H2,1H3,(H,23,29). The minimum atomic E-state index is -0.190. The maximum absolute atomic E-state index is 12.6. The van der Waals surface area contributed by atoms with Crippen molar-refractivity contribution in [2.24, 2.45) is 0 Å². The molecule has 1 N–H and O–H groups in total. The predicted molar refractivity (Wildman–Crippen MR) is 119 cm³/mol. The summed E-state index contributed by atoms with van der Waals surface area (Å²) in [6, 6.07) is 8.90. The van der Waals surface area contributed by atoms with Gasteiger partial charge in [-0.1, -0.05) is 23.7 Å². The molecule has 0 spiro atoms. The van der Waals surface area contributed by atoms with Gasteiger partial charge in [-0.3, -0.25) is 23.8 Å². The number of hydrogen-bond donors (Lipinski definition) is 1. The third-order valence-electron chi connectivity index (χ3n) is 5.46. The number of benzene rings is 1. The van der Waals surface area contributed by atoms with Crippen molar-refractivity contribution in [3.63, 3.8) is 0 Å². The van der Waals surface area contributed by atoms with Crippen molar-refractivity contribution < 1.29 is 4.79 Å². The molecule has 1 aliphatic heterocycles. The van der Waals surface area contributed by atoms with Crippen LogP contribution in [0.5, 0.6) is 0 Å². The second kappa shape index (κ2) is 9.26. The molecule has 1 amide bonds. The van der Waals surface area contributed by atoms with Crippen LogP contribution in [-0.2, 0) is 17.9 Å². The fourth-order valence-corrected chi connectivity index (χ4v) is 4.48. The Morgan fingerprint density at radius 2 is 1.97 bits per heavy atom. The molecule has 1 unspecified atom stereocenters. The molecule has 158 valence electrons. The molecule has 1 atom stereocenters. The molecule has 0 bridgehead atoms. The van der Waals surface area contributed by atoms with Crippen LogP contribution in [0.1, 0.15) is 18.2 Å². The number of nitrogens with one attached hydrogen (secondary N) is 1. The van der Waals surface area contributed by atoms with Crippen LogP contribution in [0.3, 0.4) is 0 Å². The number of carbonyl (C=O) groups excluding carboxylic acids is 1. The number of thiazole rings is 1. The van der Waals surface area contributed by atoms with Gasteiger partial charge in [-0.15, -0.1) is 11.3 Å². The largest absolute Gasteiger partial charge is 0.351 e. The van der Waals surface area contributed by atoms with Crippen LogP contribution in [0.15, 0.2) is 46.7 Å². The number of rotatable bonds is 6. The summed E-state index contributed by atoms with van der Waals surface area (Å²) >= 11 is 7.36. The Hall–Kier alpha value is -2.26. The van der Waals surface area contributed by atoms with Gasteiger partial charge < -0.3 is 5.32 Å². The first kappa shape index (κ1) is 21.0. The van der Waals surface area contributed by atoms with Crippen molar-refractivity contribution in [2.45, 2.75) is 26.1 Å². The average molecular weight is 446 g/mol. The lowest BCUT2D eigenvalue weighted by Crippen LogP contribution is -2.53. The first-order valence-corrected chi connectivity index (χ1v) is 11.2. The molecule has 0 aliphatic carbocycles. The Kier molecular flexibility index (Phi) is 6.48. The lowest BCUT2D eigenvalue weighted by atomic mass is 10.2. The topological polar surface area (TPSA) is 70.0 Å². The van der Waals surface area contributed by atoms with E-state index in [0.29, 0.717) is 18.1 Å². The molecule has 7 nitrogen and oxygen atoms in total. The van der Waals surface area contributed by atoms with E-state index in [-0.39, 0.29) is 17.5 Å². The Morgan fingerprint density at radius 1 is 1.23 bits per heavy atom. The van der Waals surface area contributed by atoms with Gasteiger partial charge >= 0.3 is 0 Å². The third-order valence-corrected chi connectivity index (χ3v) is 6.46. The molecule has 4 rings (SSSR count). The highest BCUT2D eigenvalue weighted by Gasteiger charge is 2.25. The van der Waals surface area contributed by atoms with Gasteiger partial charge in [-0.25, -0.2) is 4.98 Å². The molecule has 0 radical (unpaired) electrons. The van der Waals surface area contributed by atoms with Crippen LogP contribution in [0, 0.1) is 0 Å². The number of nitrogens with zero attached hydrogens (tertiary/aromatic N) is 4. The van der Waals surface area contributed by atoms with Gasteiger partial charge in [0.25, 0.3) is 5.56 Å². The molecular formula is C21H24ClN5O2S. The van der Waals surface area contributed by atoms with Gasteiger partial charge in [-0.05, 0) is 24.6 Å². The number of piperazine rings is 1. The summed E-state index contributed by atoms with van der Waals surface area (Å²) < 4.78 is 1.57. The number of aromatic nitrogens is 2. The molecule has 9 heteroatoms. The Morgan fingerprint density at radius 3 is 2.70 bits per heavy atom. The second-order valence-corrected chi connectivity index (χ2v) is 8.78. The van der Waals surface area contributed by atoms with E-state index in [0.717, 1.165) is 42.4 Å². The summed E-state index contributed by atoms with van der Waals surface area (Å²) in [5, 5.41) is 5.56. The van der Waals surface area contributed by atoms with Crippen molar-refractivity contribution in [1.82, 2.24) is 24.5 Å². The number of halogens is 1. The van der Waals surface area contributed by atoms with Gasteiger partial charge in [0, 0.05) is 61.9 Å². The molecule has 1 saturated heterocycles. The van der Waals surface area contributed by atoms with Crippen LogP contribution >= 0.6 is 22.9 Å². The minimum Gasteiger partial charge on any atom is -0.351 e. The summed E-state index contributed by atoms with van der Waals surface area (Å²) in [4.78, 5) is 34.5. The quantitative estimate of drug-likeness (QED) is 0.630. The molecule has 3 aromatic rings. The van der Waals surface area contributed by atoms with E-state index >= 15 is 0 Å². The lowest BCUT2D eigenvalue weighted by Gasteiger charge is -2.37. The SMILES string of the molecule is CC(C(=O)NCc1ccc(Cl)cc1)N1CCN(Cc2cc(=O)n3ccsc3n2)CC1. The van der Waals surface area contributed by atoms with Crippen LogP contribution in [-0.4, -0.2) is 57.3 Å². The van der Waals surface area contributed by atoms with E-state index in [1.54, 1.807) is 16.7 Å². The van der Waals surface area contributed by atoms with Crippen molar-refractivity contribution >= 4 is 33.8 Å². The van der Waals surface area contributed by atoms with E-state index in [1.807, 2.05) is 36.6 Å². The molecule has 1 aromatic carbocycles. The van der Waals surface area contributed by atoms with E-state index in [2.05, 4.69) is 20.1 Å². The van der Waals surface area contributed by atoms with Gasteiger partial charge in [-0.2, -0.15) is 0 Å². The molecular weight excluding hydrogens is 422 g/mol. The first-order valence-electron chi connectivity index (χ1n) is 9.94. The normalized spacial score (nSPS) is 16.6. The predicted octanol–water partition coefficient (Wildman–Crippen LogP) is 2.23. The van der Waals surface area contributed by atoms with E-state index in [1.165, 1.54) is 11.3 Å². The van der Waals surface area contributed by atoms with Crippen molar-refractivity contribution in [3.05, 3.63) is 68.5 Å². The zero-order valence-electron chi connectivity index (χ0n) is 16.8. The molecule has 30 heavy (non-hydrogen) atoms. The fourth-order valence-electron chi connectivity index (χ4n) is 3.61. The second-order valence-electron chi connectivity index (χ2n) is 7.47. The summed E-state index contributed by atoms with van der Waals surface area (Å²) in [5.41, 5.74) is 1.78. The minimum absolute atomic E-state index is 0.0243. The molecule has 3 heterocycles. The highest BCUT2D eigenvalue weighted by molar-refractivity contribution is 7.15. The zero-order valence-corrected chi connectivity index (χ0v) is 18.3. The van der Waals surface area contributed by atoms with E-state index < -0.39 is 0 Å². The fraction of sp³-hybridized carbons (Fsp3) is 0.381. The number of fused-ring (bicyclic) bond motifs is 1. The monoisotopic (exact) mass is 445 g/mol. The number of hydrogen-bond acceptors (Lipinski definition) is 6. The Balaban J connectivity index is 1.27. The molecule has 1 fully saturated rings. The smallest absolute Gasteiger partial charge is 0.258 e. The van der Waals surface area contributed by atoms with Gasteiger partial charge in [0.1, 0.15) is 0 Å². The summed E-state index contributed by atoms with van der Waals surface area (Å²) in [7, 11) is 0. The Bertz CT molecular complexity index is 1070. The number of amides is 1. The van der Waals surface area contributed by atoms with Crippen LogP contribution in [0.25, 0.3) is 4.96 Å². The average Bonchev–Trinajstić information content (AvgIpc) is 3.22. The van der Waals surface area contributed by atoms with Crippen LogP contribution in [0.4, 0.5) is 0 Å². The third kappa shape index (κ3) is 4.89. The van der Waals surface area contributed by atoms with Crippen molar-refractivity contribution in [2.75, 3.05) is 26.2 Å². The Labute approximate surface area is 183 Å². The molecule has 2 aromatic heterocycles. The van der Waals surface area contributed by atoms with Gasteiger partial charge in [0.05, 0.1) is 11.7 Å². The lowest BCUT2D eigenvalue weighted by molar-refractivity contribution is -0.126. The first-order chi connectivity index (χ1) is 14.5. The molecule has 0 saturated carbocycles. The molecule has 1 aliphatic rings. The van der Waals surface area contributed by atoms with Gasteiger partial charge in [0.15, 0.2) is 4.96 Å². The number of carbonyl (C=O) groups is 1. The van der Waals surface area contributed by atoms with E-state index in [9.17, 15) is 9.59 Å². The summed E-state index contributed by atoms with van der Waals surface area (Å²) in [5.74, 6) is 0.0243. The maximum Gasteiger partial charge on any atom is 0.258 e. The zero-order chi connectivity index (χ0) is 21.1.